The minimum atomic E-state index is -0.0632. The van der Waals surface area contributed by atoms with Crippen molar-refractivity contribution in [3.8, 4) is 0 Å². The molecule has 4 nitrogen and oxygen atoms in total. The zero-order valence-corrected chi connectivity index (χ0v) is 11.0. The van der Waals surface area contributed by atoms with Gasteiger partial charge in [0.2, 0.25) is 0 Å². The molecule has 2 aromatic heterocycles. The molecule has 0 saturated carbocycles. The van der Waals surface area contributed by atoms with Crippen LogP contribution in [0.1, 0.15) is 23.8 Å². The van der Waals surface area contributed by atoms with Crippen LogP contribution in [0.3, 0.4) is 0 Å². The Morgan fingerprint density at radius 3 is 3.33 bits per heavy atom. The van der Waals surface area contributed by atoms with E-state index in [2.05, 4.69) is 9.97 Å². The highest BCUT2D eigenvalue weighted by molar-refractivity contribution is 7.18. The number of ether oxygens (including phenoxy) is 1. The van der Waals surface area contributed by atoms with Gasteiger partial charge in [0.15, 0.2) is 0 Å². The summed E-state index contributed by atoms with van der Waals surface area (Å²) in [6.07, 6.45) is 6.03. The maximum absolute atomic E-state index is 11.8. The highest BCUT2D eigenvalue weighted by Crippen LogP contribution is 2.37. The van der Waals surface area contributed by atoms with E-state index in [1.807, 2.05) is 13.1 Å². The van der Waals surface area contributed by atoms with Crippen molar-refractivity contribution >= 4 is 27.5 Å². The van der Waals surface area contributed by atoms with Gasteiger partial charge in [-0.3, -0.25) is 4.79 Å². The molecular formula is C13H14N2O2S. The molecule has 0 aromatic carbocycles. The van der Waals surface area contributed by atoms with Crippen LogP contribution in [0.5, 0.6) is 0 Å². The van der Waals surface area contributed by atoms with Gasteiger partial charge in [-0.2, -0.15) is 0 Å². The quantitative estimate of drug-likeness (QED) is 0.780. The van der Waals surface area contributed by atoms with Crippen molar-refractivity contribution in [2.75, 3.05) is 6.61 Å². The fourth-order valence-electron chi connectivity index (χ4n) is 2.48. The van der Waals surface area contributed by atoms with E-state index in [9.17, 15) is 4.79 Å². The third-order valence-corrected chi connectivity index (χ3v) is 4.53. The normalized spacial score (nSPS) is 18.6. The van der Waals surface area contributed by atoms with Crippen molar-refractivity contribution in [2.45, 2.75) is 26.2 Å². The Balaban J connectivity index is 1.91. The summed E-state index contributed by atoms with van der Waals surface area (Å²) in [4.78, 5) is 22.4. The number of aryl methyl sites for hydroxylation is 1. The summed E-state index contributed by atoms with van der Waals surface area (Å²) in [7, 11) is 0. The molecule has 0 amide bonds. The Morgan fingerprint density at radius 2 is 2.50 bits per heavy atom. The van der Waals surface area contributed by atoms with Crippen molar-refractivity contribution < 1.29 is 9.53 Å². The van der Waals surface area contributed by atoms with Gasteiger partial charge in [0.25, 0.3) is 0 Å². The van der Waals surface area contributed by atoms with Gasteiger partial charge in [-0.05, 0) is 31.7 Å². The average Bonchev–Trinajstić information content (AvgIpc) is 2.76. The van der Waals surface area contributed by atoms with E-state index in [4.69, 9.17) is 4.74 Å². The summed E-state index contributed by atoms with van der Waals surface area (Å²) in [6, 6.07) is 0. The number of rotatable bonds is 2. The van der Waals surface area contributed by atoms with Crippen LogP contribution in [0.15, 0.2) is 12.5 Å². The van der Waals surface area contributed by atoms with Gasteiger partial charge in [-0.25, -0.2) is 9.97 Å². The molecule has 18 heavy (non-hydrogen) atoms. The SMILES string of the molecule is CCOC(=O)C1CCc2c(sc3ncncc23)C1. The van der Waals surface area contributed by atoms with Crippen LogP contribution >= 0.6 is 11.3 Å². The van der Waals surface area contributed by atoms with E-state index in [0.29, 0.717) is 6.61 Å². The summed E-state index contributed by atoms with van der Waals surface area (Å²) in [5.74, 6) is -0.0508. The fourth-order valence-corrected chi connectivity index (χ4v) is 3.72. The zero-order valence-electron chi connectivity index (χ0n) is 10.2. The molecule has 0 fully saturated rings. The molecule has 0 radical (unpaired) electrons. The number of hydrogen-bond donors (Lipinski definition) is 0. The second kappa shape index (κ2) is 4.65. The van der Waals surface area contributed by atoms with Gasteiger partial charge in [-0.15, -0.1) is 11.3 Å². The predicted molar refractivity (Wildman–Crippen MR) is 69.6 cm³/mol. The van der Waals surface area contributed by atoms with Crippen molar-refractivity contribution in [1.29, 1.82) is 0 Å². The lowest BCUT2D eigenvalue weighted by Gasteiger charge is -2.20. The first-order valence-electron chi connectivity index (χ1n) is 6.16. The largest absolute Gasteiger partial charge is 0.466 e. The summed E-state index contributed by atoms with van der Waals surface area (Å²) >= 11 is 1.68. The molecule has 0 N–H and O–H groups in total. The molecule has 1 unspecified atom stereocenters. The summed E-state index contributed by atoms with van der Waals surface area (Å²) in [6.45, 7) is 2.31. The summed E-state index contributed by atoms with van der Waals surface area (Å²) < 4.78 is 5.11. The van der Waals surface area contributed by atoms with E-state index < -0.39 is 0 Å². The zero-order chi connectivity index (χ0) is 12.5. The van der Waals surface area contributed by atoms with Gasteiger partial charge in [0, 0.05) is 16.5 Å². The topological polar surface area (TPSA) is 52.1 Å². The highest BCUT2D eigenvalue weighted by Gasteiger charge is 2.28. The number of esters is 1. The van der Waals surface area contributed by atoms with Crippen molar-refractivity contribution in [1.82, 2.24) is 9.97 Å². The molecule has 1 atom stereocenters. The molecule has 3 rings (SSSR count). The number of carbonyl (C=O) groups is 1. The van der Waals surface area contributed by atoms with Gasteiger partial charge in [0.1, 0.15) is 11.2 Å². The van der Waals surface area contributed by atoms with E-state index in [-0.39, 0.29) is 11.9 Å². The third kappa shape index (κ3) is 1.88. The Hall–Kier alpha value is -1.49. The lowest BCUT2D eigenvalue weighted by molar-refractivity contribution is -0.148. The van der Waals surface area contributed by atoms with Crippen molar-refractivity contribution in [3.05, 3.63) is 23.0 Å². The maximum atomic E-state index is 11.8. The van der Waals surface area contributed by atoms with Crippen LogP contribution in [0, 0.1) is 5.92 Å². The molecule has 5 heteroatoms. The van der Waals surface area contributed by atoms with Crippen LogP contribution in [0.2, 0.25) is 0 Å². The van der Waals surface area contributed by atoms with Crippen LogP contribution in [-0.2, 0) is 22.4 Å². The predicted octanol–water partition coefficient (Wildman–Crippen LogP) is 2.36. The van der Waals surface area contributed by atoms with Crippen molar-refractivity contribution in [3.63, 3.8) is 0 Å². The highest BCUT2D eigenvalue weighted by atomic mass is 32.1. The molecule has 0 bridgehead atoms. The van der Waals surface area contributed by atoms with E-state index in [0.717, 1.165) is 29.5 Å². The molecule has 1 aliphatic carbocycles. The second-order valence-electron chi connectivity index (χ2n) is 4.44. The first-order valence-corrected chi connectivity index (χ1v) is 6.98. The Bertz CT molecular complexity index is 594. The molecule has 0 spiro atoms. The monoisotopic (exact) mass is 262 g/mol. The minimum absolute atomic E-state index is 0.0125. The van der Waals surface area contributed by atoms with Crippen LogP contribution in [0.4, 0.5) is 0 Å². The number of carbonyl (C=O) groups excluding carboxylic acids is 1. The number of thiophene rings is 1. The number of hydrogen-bond acceptors (Lipinski definition) is 5. The molecule has 0 saturated heterocycles. The second-order valence-corrected chi connectivity index (χ2v) is 5.52. The van der Waals surface area contributed by atoms with E-state index in [1.54, 1.807) is 17.7 Å². The first kappa shape index (κ1) is 11.6. The number of aromatic nitrogens is 2. The van der Waals surface area contributed by atoms with Gasteiger partial charge >= 0.3 is 5.97 Å². The van der Waals surface area contributed by atoms with E-state index >= 15 is 0 Å². The molecule has 2 heterocycles. The van der Waals surface area contributed by atoms with Gasteiger partial charge in [0.05, 0.1) is 12.5 Å². The molecule has 1 aliphatic rings. The third-order valence-electron chi connectivity index (χ3n) is 3.35. The smallest absolute Gasteiger partial charge is 0.309 e. The molecular weight excluding hydrogens is 248 g/mol. The van der Waals surface area contributed by atoms with Gasteiger partial charge < -0.3 is 4.74 Å². The number of nitrogens with zero attached hydrogens (tertiary/aromatic N) is 2. The lowest BCUT2D eigenvalue weighted by atomic mass is 9.88. The van der Waals surface area contributed by atoms with Crippen LogP contribution in [-0.4, -0.2) is 22.5 Å². The number of fused-ring (bicyclic) bond motifs is 3. The Kier molecular flexibility index (Phi) is 2.99. The summed E-state index contributed by atoms with van der Waals surface area (Å²) in [5, 5.41) is 1.15. The van der Waals surface area contributed by atoms with Gasteiger partial charge in [-0.1, -0.05) is 0 Å². The van der Waals surface area contributed by atoms with Crippen molar-refractivity contribution in [2.24, 2.45) is 5.92 Å². The summed E-state index contributed by atoms with van der Waals surface area (Å²) in [5.41, 5.74) is 1.33. The molecule has 94 valence electrons. The van der Waals surface area contributed by atoms with E-state index in [1.165, 1.54) is 10.4 Å². The fraction of sp³-hybridized carbons (Fsp3) is 0.462. The Morgan fingerprint density at radius 1 is 1.61 bits per heavy atom. The maximum Gasteiger partial charge on any atom is 0.309 e. The standard InChI is InChI=1S/C13H14N2O2S/c1-2-17-13(16)8-3-4-9-10-6-14-7-15-12(10)18-11(9)5-8/h6-8H,2-5H2,1H3. The molecule has 0 aliphatic heterocycles. The lowest BCUT2D eigenvalue weighted by Crippen LogP contribution is -2.23. The minimum Gasteiger partial charge on any atom is -0.466 e. The first-order chi connectivity index (χ1) is 8.79. The van der Waals surface area contributed by atoms with Crippen LogP contribution < -0.4 is 0 Å². The average molecular weight is 262 g/mol. The van der Waals surface area contributed by atoms with Crippen LogP contribution in [0.25, 0.3) is 10.2 Å². The Labute approximate surface area is 109 Å². The molecule has 2 aromatic rings.